The number of ketones is 1. The van der Waals surface area contributed by atoms with Crippen molar-refractivity contribution in [1.82, 2.24) is 9.47 Å². The van der Waals surface area contributed by atoms with Gasteiger partial charge in [-0.15, -0.1) is 0 Å². The number of ether oxygens (including phenoxy) is 1. The molecule has 1 aromatic carbocycles. The Kier molecular flexibility index (Phi) is 7.26. The lowest BCUT2D eigenvalue weighted by Crippen LogP contribution is -2.39. The number of carbonyl (C=O) groups is 2. The Balaban J connectivity index is 1.57. The number of hydrogen-bond acceptors (Lipinski definition) is 4. The summed E-state index contributed by atoms with van der Waals surface area (Å²) in [6.45, 7) is 9.19. The molecule has 156 valence electrons. The number of benzene rings is 1. The lowest BCUT2D eigenvalue weighted by Gasteiger charge is -2.30. The molecule has 5 heteroatoms. The molecule has 2 aromatic rings. The molecule has 0 bridgehead atoms. The number of Topliss-reactive ketones (excluding diaryl/α,β-unsaturated/α-hetero) is 1. The van der Waals surface area contributed by atoms with Gasteiger partial charge in [-0.3, -0.25) is 14.5 Å². The maximum Gasteiger partial charge on any atom is 0.309 e. The molecule has 1 aliphatic heterocycles. The average molecular weight is 397 g/mol. The minimum atomic E-state index is -0.0968. The highest BCUT2D eigenvalue weighted by Gasteiger charge is 2.27. The van der Waals surface area contributed by atoms with Crippen LogP contribution < -0.4 is 0 Å². The number of nitrogens with zero attached hydrogens (tertiary/aromatic N) is 2. The van der Waals surface area contributed by atoms with Crippen LogP contribution in [0.2, 0.25) is 0 Å². The third-order valence-electron chi connectivity index (χ3n) is 5.92. The number of piperidine rings is 1. The Labute approximate surface area is 173 Å². The fraction of sp³-hybridized carbons (Fsp3) is 0.500. The van der Waals surface area contributed by atoms with Crippen LogP contribution in [0.4, 0.5) is 0 Å². The zero-order chi connectivity index (χ0) is 20.8. The van der Waals surface area contributed by atoms with Crippen molar-refractivity contribution in [3.8, 4) is 0 Å². The maximum absolute atomic E-state index is 12.9. The van der Waals surface area contributed by atoms with Crippen molar-refractivity contribution < 1.29 is 14.3 Å². The third-order valence-corrected chi connectivity index (χ3v) is 5.92. The summed E-state index contributed by atoms with van der Waals surface area (Å²) >= 11 is 0. The van der Waals surface area contributed by atoms with Gasteiger partial charge in [-0.2, -0.15) is 0 Å². The molecule has 1 fully saturated rings. The van der Waals surface area contributed by atoms with E-state index in [9.17, 15) is 9.59 Å². The van der Waals surface area contributed by atoms with E-state index in [2.05, 4.69) is 40.7 Å². The van der Waals surface area contributed by atoms with Crippen molar-refractivity contribution in [3.05, 3.63) is 58.9 Å². The van der Waals surface area contributed by atoms with E-state index in [1.807, 2.05) is 26.0 Å². The molecule has 1 saturated heterocycles. The fourth-order valence-electron chi connectivity index (χ4n) is 4.19. The number of aryl methyl sites for hydroxylation is 2. The van der Waals surface area contributed by atoms with E-state index in [1.54, 1.807) is 0 Å². The van der Waals surface area contributed by atoms with E-state index in [4.69, 9.17) is 4.74 Å². The Morgan fingerprint density at radius 2 is 1.79 bits per heavy atom. The summed E-state index contributed by atoms with van der Waals surface area (Å²) in [6, 6.07) is 12.5. The second kappa shape index (κ2) is 9.88. The first-order valence-corrected chi connectivity index (χ1v) is 10.6. The van der Waals surface area contributed by atoms with Crippen LogP contribution in [0.15, 0.2) is 36.4 Å². The van der Waals surface area contributed by atoms with Gasteiger partial charge in [0.2, 0.25) is 0 Å². The van der Waals surface area contributed by atoms with Crippen molar-refractivity contribution in [2.75, 3.05) is 26.2 Å². The van der Waals surface area contributed by atoms with Crippen LogP contribution in [0.5, 0.6) is 0 Å². The van der Waals surface area contributed by atoms with Crippen LogP contribution in [-0.4, -0.2) is 47.5 Å². The summed E-state index contributed by atoms with van der Waals surface area (Å²) < 4.78 is 7.37. The van der Waals surface area contributed by atoms with Crippen LogP contribution in [-0.2, 0) is 22.5 Å². The SMILES string of the molecule is CCOC(=O)C1CCN(CC(=O)c2cc(C)n(CCc3ccccc3)c2C)CC1. The topological polar surface area (TPSA) is 51.5 Å². The quantitative estimate of drug-likeness (QED) is 0.503. The number of likely N-dealkylation sites (tertiary alicyclic amines) is 1. The summed E-state index contributed by atoms with van der Waals surface area (Å²) in [4.78, 5) is 27.0. The molecule has 0 spiro atoms. The normalized spacial score (nSPS) is 15.4. The van der Waals surface area contributed by atoms with Gasteiger partial charge < -0.3 is 9.30 Å². The van der Waals surface area contributed by atoms with Gasteiger partial charge in [-0.25, -0.2) is 0 Å². The Hall–Kier alpha value is -2.40. The molecule has 0 N–H and O–H groups in total. The summed E-state index contributed by atoms with van der Waals surface area (Å²) in [5, 5.41) is 0. The summed E-state index contributed by atoms with van der Waals surface area (Å²) in [5.74, 6) is 0.0448. The third kappa shape index (κ3) is 5.36. The highest BCUT2D eigenvalue weighted by molar-refractivity contribution is 5.99. The molecule has 2 heterocycles. The number of aromatic nitrogens is 1. The van der Waals surface area contributed by atoms with E-state index < -0.39 is 0 Å². The molecule has 5 nitrogen and oxygen atoms in total. The molecule has 0 saturated carbocycles. The zero-order valence-corrected chi connectivity index (χ0v) is 17.8. The first kappa shape index (κ1) is 21.3. The number of rotatable bonds is 8. The zero-order valence-electron chi connectivity index (χ0n) is 17.8. The Morgan fingerprint density at radius 1 is 1.10 bits per heavy atom. The van der Waals surface area contributed by atoms with Gasteiger partial charge in [0.05, 0.1) is 19.1 Å². The van der Waals surface area contributed by atoms with Crippen molar-refractivity contribution in [3.63, 3.8) is 0 Å². The molecule has 29 heavy (non-hydrogen) atoms. The van der Waals surface area contributed by atoms with E-state index in [0.717, 1.165) is 55.8 Å². The van der Waals surface area contributed by atoms with Crippen molar-refractivity contribution in [1.29, 1.82) is 0 Å². The molecule has 0 aliphatic carbocycles. The molecule has 0 atom stereocenters. The second-order valence-corrected chi connectivity index (χ2v) is 7.90. The number of esters is 1. The predicted octanol–water partition coefficient (Wildman–Crippen LogP) is 3.81. The van der Waals surface area contributed by atoms with E-state index >= 15 is 0 Å². The van der Waals surface area contributed by atoms with Crippen LogP contribution in [0.1, 0.15) is 47.1 Å². The molecule has 3 rings (SSSR count). The molecule has 1 aromatic heterocycles. The first-order valence-electron chi connectivity index (χ1n) is 10.6. The lowest BCUT2D eigenvalue weighted by molar-refractivity contribution is -0.149. The van der Waals surface area contributed by atoms with Crippen molar-refractivity contribution in [2.45, 2.75) is 46.6 Å². The van der Waals surface area contributed by atoms with E-state index in [1.165, 1.54) is 5.56 Å². The highest BCUT2D eigenvalue weighted by Crippen LogP contribution is 2.21. The largest absolute Gasteiger partial charge is 0.466 e. The standard InChI is InChI=1S/C24H32N2O3/c1-4-29-24(28)21-11-13-25(14-12-21)17-23(27)22-16-18(2)26(19(22)3)15-10-20-8-6-5-7-9-20/h5-9,16,21H,4,10-15,17H2,1-3H3. The number of carbonyl (C=O) groups excluding carboxylic acids is 2. The van der Waals surface area contributed by atoms with Gasteiger partial charge in [0.25, 0.3) is 0 Å². The van der Waals surface area contributed by atoms with Gasteiger partial charge in [0.1, 0.15) is 0 Å². The minimum absolute atomic E-state index is 0.0237. The van der Waals surface area contributed by atoms with Gasteiger partial charge in [0, 0.05) is 23.5 Å². The molecular weight excluding hydrogens is 364 g/mol. The molecule has 0 radical (unpaired) electrons. The highest BCUT2D eigenvalue weighted by atomic mass is 16.5. The fourth-order valence-corrected chi connectivity index (χ4v) is 4.19. The molecule has 1 aliphatic rings. The average Bonchev–Trinajstić information content (AvgIpc) is 3.01. The molecular formula is C24H32N2O3. The Morgan fingerprint density at radius 3 is 2.45 bits per heavy atom. The summed E-state index contributed by atoms with van der Waals surface area (Å²) in [6.07, 6.45) is 2.48. The maximum atomic E-state index is 12.9. The van der Waals surface area contributed by atoms with Gasteiger partial charge in [-0.05, 0) is 64.8 Å². The van der Waals surface area contributed by atoms with Crippen molar-refractivity contribution in [2.24, 2.45) is 5.92 Å². The van der Waals surface area contributed by atoms with Gasteiger partial charge >= 0.3 is 5.97 Å². The van der Waals surface area contributed by atoms with E-state index in [0.29, 0.717) is 13.2 Å². The lowest BCUT2D eigenvalue weighted by atomic mass is 9.96. The number of hydrogen-bond donors (Lipinski definition) is 0. The van der Waals surface area contributed by atoms with Crippen LogP contribution >= 0.6 is 0 Å². The van der Waals surface area contributed by atoms with Gasteiger partial charge in [0.15, 0.2) is 5.78 Å². The molecule has 0 amide bonds. The van der Waals surface area contributed by atoms with Crippen molar-refractivity contribution >= 4 is 11.8 Å². The van der Waals surface area contributed by atoms with Gasteiger partial charge in [-0.1, -0.05) is 30.3 Å². The first-order chi connectivity index (χ1) is 14.0. The second-order valence-electron chi connectivity index (χ2n) is 7.90. The minimum Gasteiger partial charge on any atom is -0.466 e. The van der Waals surface area contributed by atoms with Crippen LogP contribution in [0.3, 0.4) is 0 Å². The summed E-state index contributed by atoms with van der Waals surface area (Å²) in [5.41, 5.74) is 4.30. The predicted molar refractivity (Wildman–Crippen MR) is 114 cm³/mol. The molecule has 0 unspecified atom stereocenters. The monoisotopic (exact) mass is 396 g/mol. The smallest absolute Gasteiger partial charge is 0.309 e. The van der Waals surface area contributed by atoms with Crippen LogP contribution in [0, 0.1) is 19.8 Å². The Bertz CT molecular complexity index is 833. The van der Waals surface area contributed by atoms with Crippen LogP contribution in [0.25, 0.3) is 0 Å². The summed E-state index contributed by atoms with van der Waals surface area (Å²) in [7, 11) is 0. The van der Waals surface area contributed by atoms with E-state index in [-0.39, 0.29) is 17.7 Å².